The Morgan fingerprint density at radius 1 is 1.28 bits per heavy atom. The molecule has 1 aromatic rings. The predicted molar refractivity (Wildman–Crippen MR) is 71.9 cm³/mol. The second-order valence-electron chi connectivity index (χ2n) is 5.01. The smallest absolute Gasteiger partial charge is 0.303 e. The minimum Gasteiger partial charge on any atom is -0.481 e. The van der Waals surface area contributed by atoms with Gasteiger partial charge < -0.3 is 10.4 Å². The summed E-state index contributed by atoms with van der Waals surface area (Å²) in [7, 11) is 0. The van der Waals surface area contributed by atoms with Gasteiger partial charge in [-0.3, -0.25) is 4.79 Å². The molecule has 0 bridgehead atoms. The molecule has 0 radical (unpaired) electrons. The van der Waals surface area contributed by atoms with Gasteiger partial charge >= 0.3 is 5.97 Å². The molecule has 1 aromatic carbocycles. The molecule has 3 heteroatoms. The van der Waals surface area contributed by atoms with Crippen molar-refractivity contribution in [3.05, 3.63) is 35.4 Å². The molecule has 0 fully saturated rings. The van der Waals surface area contributed by atoms with E-state index in [4.69, 9.17) is 5.11 Å². The van der Waals surface area contributed by atoms with Crippen LogP contribution < -0.4 is 5.32 Å². The second kappa shape index (κ2) is 6.55. The third kappa shape index (κ3) is 3.57. The first kappa shape index (κ1) is 13.1. The molecular weight excluding hydrogens is 226 g/mol. The second-order valence-corrected chi connectivity index (χ2v) is 5.01. The first-order valence-electron chi connectivity index (χ1n) is 6.77. The number of aliphatic carboxylic acids is 1. The van der Waals surface area contributed by atoms with Crippen LogP contribution in [0, 0.1) is 0 Å². The van der Waals surface area contributed by atoms with Gasteiger partial charge in [0.25, 0.3) is 0 Å². The van der Waals surface area contributed by atoms with E-state index in [1.807, 2.05) is 0 Å². The molecule has 1 unspecified atom stereocenters. The van der Waals surface area contributed by atoms with Crippen molar-refractivity contribution in [3.63, 3.8) is 0 Å². The summed E-state index contributed by atoms with van der Waals surface area (Å²) in [6.45, 7) is 2.05. The molecular formula is C15H21NO2. The van der Waals surface area contributed by atoms with Gasteiger partial charge in [0.1, 0.15) is 0 Å². The standard InChI is InChI=1S/C15H21NO2/c17-15(18)8-2-1-5-9-16-11-13-10-12-6-3-4-7-14(12)13/h3-4,6-7,13,16H,1-2,5,8-11H2,(H,17,18). The Labute approximate surface area is 108 Å². The summed E-state index contributed by atoms with van der Waals surface area (Å²) in [5.74, 6) is -0.00532. The van der Waals surface area contributed by atoms with Crippen LogP contribution in [-0.2, 0) is 11.2 Å². The van der Waals surface area contributed by atoms with E-state index in [0.29, 0.717) is 12.3 Å². The summed E-state index contributed by atoms with van der Waals surface area (Å²) in [4.78, 5) is 10.3. The van der Waals surface area contributed by atoms with Gasteiger partial charge in [-0.2, -0.15) is 0 Å². The predicted octanol–water partition coefficient (Wildman–Crippen LogP) is 2.56. The lowest BCUT2D eigenvalue weighted by Crippen LogP contribution is -2.29. The minimum atomic E-state index is -0.686. The fraction of sp³-hybridized carbons (Fsp3) is 0.533. The van der Waals surface area contributed by atoms with Crippen LogP contribution in [0.2, 0.25) is 0 Å². The maximum Gasteiger partial charge on any atom is 0.303 e. The third-order valence-electron chi connectivity index (χ3n) is 3.60. The molecule has 3 nitrogen and oxygen atoms in total. The van der Waals surface area contributed by atoms with Gasteiger partial charge in [0.05, 0.1) is 0 Å². The average Bonchev–Trinajstić information content (AvgIpc) is 2.32. The van der Waals surface area contributed by atoms with Crippen LogP contribution in [0.15, 0.2) is 24.3 Å². The Kier molecular flexibility index (Phi) is 4.76. The van der Waals surface area contributed by atoms with Gasteiger partial charge in [0, 0.05) is 18.9 Å². The Morgan fingerprint density at radius 3 is 2.89 bits per heavy atom. The number of fused-ring (bicyclic) bond motifs is 1. The van der Waals surface area contributed by atoms with E-state index in [1.165, 1.54) is 17.5 Å². The molecule has 1 aliphatic carbocycles. The Balaban J connectivity index is 1.52. The summed E-state index contributed by atoms with van der Waals surface area (Å²) in [6, 6.07) is 8.64. The highest BCUT2D eigenvalue weighted by Crippen LogP contribution is 2.33. The molecule has 98 valence electrons. The number of hydrogen-bond acceptors (Lipinski definition) is 2. The van der Waals surface area contributed by atoms with Gasteiger partial charge in [-0.15, -0.1) is 0 Å². The first-order valence-corrected chi connectivity index (χ1v) is 6.77. The van der Waals surface area contributed by atoms with E-state index in [0.717, 1.165) is 32.4 Å². The Morgan fingerprint density at radius 2 is 2.11 bits per heavy atom. The normalized spacial score (nSPS) is 17.0. The molecule has 0 saturated carbocycles. The molecule has 0 amide bonds. The van der Waals surface area contributed by atoms with Crippen molar-refractivity contribution in [1.82, 2.24) is 5.32 Å². The topological polar surface area (TPSA) is 49.3 Å². The average molecular weight is 247 g/mol. The van der Waals surface area contributed by atoms with Crippen molar-refractivity contribution in [2.75, 3.05) is 13.1 Å². The van der Waals surface area contributed by atoms with Crippen LogP contribution in [-0.4, -0.2) is 24.2 Å². The van der Waals surface area contributed by atoms with Crippen LogP contribution in [0.4, 0.5) is 0 Å². The first-order chi connectivity index (χ1) is 8.77. The molecule has 0 saturated heterocycles. The van der Waals surface area contributed by atoms with Crippen molar-refractivity contribution in [2.24, 2.45) is 0 Å². The van der Waals surface area contributed by atoms with Gasteiger partial charge in [0.2, 0.25) is 0 Å². The van der Waals surface area contributed by atoms with Crippen molar-refractivity contribution in [1.29, 1.82) is 0 Å². The number of hydrogen-bond donors (Lipinski definition) is 2. The summed E-state index contributed by atoms with van der Waals surface area (Å²) in [5, 5.41) is 12.0. The lowest BCUT2D eigenvalue weighted by atomic mass is 9.77. The van der Waals surface area contributed by atoms with Crippen LogP contribution in [0.25, 0.3) is 0 Å². The van der Waals surface area contributed by atoms with Crippen molar-refractivity contribution in [3.8, 4) is 0 Å². The fourth-order valence-corrected chi connectivity index (χ4v) is 2.52. The van der Waals surface area contributed by atoms with Crippen LogP contribution in [0.1, 0.15) is 42.7 Å². The zero-order chi connectivity index (χ0) is 12.8. The molecule has 1 atom stereocenters. The summed E-state index contributed by atoms with van der Waals surface area (Å²) in [5.41, 5.74) is 2.99. The van der Waals surface area contributed by atoms with Crippen LogP contribution in [0.3, 0.4) is 0 Å². The fourth-order valence-electron chi connectivity index (χ4n) is 2.52. The largest absolute Gasteiger partial charge is 0.481 e. The van der Waals surface area contributed by atoms with Crippen molar-refractivity contribution in [2.45, 2.75) is 38.0 Å². The van der Waals surface area contributed by atoms with E-state index in [1.54, 1.807) is 0 Å². The monoisotopic (exact) mass is 247 g/mol. The quantitative estimate of drug-likeness (QED) is 0.694. The minimum absolute atomic E-state index is 0.302. The molecule has 0 spiro atoms. The molecule has 18 heavy (non-hydrogen) atoms. The van der Waals surface area contributed by atoms with Gasteiger partial charge in [-0.1, -0.05) is 30.7 Å². The van der Waals surface area contributed by atoms with E-state index < -0.39 is 5.97 Å². The summed E-state index contributed by atoms with van der Waals surface area (Å²) < 4.78 is 0. The molecule has 2 N–H and O–H groups in total. The van der Waals surface area contributed by atoms with E-state index in [2.05, 4.69) is 29.6 Å². The number of rotatable bonds is 8. The van der Waals surface area contributed by atoms with Crippen molar-refractivity contribution >= 4 is 5.97 Å². The third-order valence-corrected chi connectivity index (χ3v) is 3.60. The summed E-state index contributed by atoms with van der Waals surface area (Å²) >= 11 is 0. The zero-order valence-corrected chi connectivity index (χ0v) is 10.7. The molecule has 0 aromatic heterocycles. The molecule has 0 heterocycles. The number of carbonyl (C=O) groups is 1. The number of benzene rings is 1. The van der Waals surface area contributed by atoms with Crippen LogP contribution in [0.5, 0.6) is 0 Å². The van der Waals surface area contributed by atoms with E-state index in [-0.39, 0.29) is 0 Å². The molecule has 2 rings (SSSR count). The maximum absolute atomic E-state index is 10.3. The highest BCUT2D eigenvalue weighted by atomic mass is 16.4. The van der Waals surface area contributed by atoms with Gasteiger partial charge in [-0.05, 0) is 36.9 Å². The van der Waals surface area contributed by atoms with E-state index in [9.17, 15) is 4.79 Å². The Hall–Kier alpha value is -1.35. The highest BCUT2D eigenvalue weighted by molar-refractivity contribution is 5.66. The number of carboxylic acids is 1. The van der Waals surface area contributed by atoms with Gasteiger partial charge in [-0.25, -0.2) is 0 Å². The van der Waals surface area contributed by atoms with Crippen LogP contribution >= 0.6 is 0 Å². The number of nitrogens with one attached hydrogen (secondary N) is 1. The highest BCUT2D eigenvalue weighted by Gasteiger charge is 2.24. The Bertz CT molecular complexity index is 403. The molecule has 0 aliphatic heterocycles. The van der Waals surface area contributed by atoms with E-state index >= 15 is 0 Å². The lowest BCUT2D eigenvalue weighted by Gasteiger charge is -2.30. The molecule has 1 aliphatic rings. The van der Waals surface area contributed by atoms with Gasteiger partial charge in [0.15, 0.2) is 0 Å². The summed E-state index contributed by atoms with van der Waals surface area (Å²) in [6.07, 6.45) is 4.36. The SMILES string of the molecule is O=C(O)CCCCCNCC1Cc2ccccc21. The lowest BCUT2D eigenvalue weighted by molar-refractivity contribution is -0.137. The maximum atomic E-state index is 10.3. The number of carboxylic acid groups (broad SMARTS) is 1. The number of unbranched alkanes of at least 4 members (excludes halogenated alkanes) is 2. The zero-order valence-electron chi connectivity index (χ0n) is 10.7. The van der Waals surface area contributed by atoms with Crippen molar-refractivity contribution < 1.29 is 9.90 Å².